The van der Waals surface area contributed by atoms with Crippen LogP contribution in [-0.4, -0.2) is 27.5 Å². The van der Waals surface area contributed by atoms with E-state index in [-0.39, 0.29) is 0 Å². The minimum Gasteiger partial charge on any atom is -0.306 e. The summed E-state index contributed by atoms with van der Waals surface area (Å²) in [5, 5.41) is 0. The second-order valence-corrected chi connectivity index (χ2v) is 5.62. The Kier molecular flexibility index (Phi) is 3.65. The molecule has 1 atom stereocenters. The van der Waals surface area contributed by atoms with Gasteiger partial charge in [-0.2, -0.15) is 0 Å². The lowest BCUT2D eigenvalue weighted by Gasteiger charge is -2.30. The van der Waals surface area contributed by atoms with Crippen LogP contribution in [-0.2, 0) is 6.54 Å². The first-order valence-corrected chi connectivity index (χ1v) is 7.11. The Morgan fingerprint density at radius 2 is 2.11 bits per heavy atom. The van der Waals surface area contributed by atoms with Crippen molar-refractivity contribution in [3.05, 3.63) is 48.5 Å². The summed E-state index contributed by atoms with van der Waals surface area (Å²) in [4.78, 5) is 6.65. The molecule has 1 aliphatic rings. The highest BCUT2D eigenvalue weighted by Gasteiger charge is 2.15. The molecule has 1 aromatic heterocycles. The van der Waals surface area contributed by atoms with E-state index in [4.69, 9.17) is 0 Å². The van der Waals surface area contributed by atoms with Crippen LogP contribution in [0, 0.1) is 5.92 Å². The van der Waals surface area contributed by atoms with Crippen molar-refractivity contribution in [1.82, 2.24) is 14.5 Å². The zero-order valence-corrected chi connectivity index (χ0v) is 11.5. The van der Waals surface area contributed by atoms with Crippen molar-refractivity contribution in [2.24, 2.45) is 5.92 Å². The summed E-state index contributed by atoms with van der Waals surface area (Å²) in [6.45, 7) is 5.92. The van der Waals surface area contributed by atoms with Gasteiger partial charge in [-0.25, -0.2) is 4.98 Å². The molecule has 0 spiro atoms. The largest absolute Gasteiger partial charge is 0.306 e. The molecule has 0 radical (unpaired) electrons. The van der Waals surface area contributed by atoms with Crippen LogP contribution >= 0.6 is 0 Å². The molecule has 2 aromatic rings. The monoisotopic (exact) mass is 255 g/mol. The van der Waals surface area contributed by atoms with Crippen LogP contribution in [0.1, 0.15) is 25.3 Å². The van der Waals surface area contributed by atoms with Gasteiger partial charge in [0.25, 0.3) is 0 Å². The number of rotatable bonds is 3. The molecular weight excluding hydrogens is 234 g/mol. The quantitative estimate of drug-likeness (QED) is 0.840. The lowest BCUT2D eigenvalue weighted by atomic mass is 10.00. The van der Waals surface area contributed by atoms with E-state index in [2.05, 4.69) is 41.1 Å². The van der Waals surface area contributed by atoms with Gasteiger partial charge in [0.2, 0.25) is 0 Å². The van der Waals surface area contributed by atoms with Gasteiger partial charge in [0, 0.05) is 31.2 Å². The van der Waals surface area contributed by atoms with Gasteiger partial charge >= 0.3 is 0 Å². The van der Waals surface area contributed by atoms with Gasteiger partial charge in [-0.1, -0.05) is 19.1 Å². The van der Waals surface area contributed by atoms with E-state index in [1.807, 2.05) is 23.3 Å². The number of benzene rings is 1. The molecule has 1 aromatic carbocycles. The maximum atomic E-state index is 4.08. The molecule has 100 valence electrons. The smallest absolute Gasteiger partial charge is 0.0991 e. The average molecular weight is 255 g/mol. The number of piperidine rings is 1. The Morgan fingerprint density at radius 3 is 2.79 bits per heavy atom. The molecule has 0 amide bonds. The summed E-state index contributed by atoms with van der Waals surface area (Å²) in [5.41, 5.74) is 2.58. The van der Waals surface area contributed by atoms with Gasteiger partial charge in [0.05, 0.1) is 6.33 Å². The van der Waals surface area contributed by atoms with Crippen LogP contribution in [0.4, 0.5) is 0 Å². The highest BCUT2D eigenvalue weighted by atomic mass is 15.1. The summed E-state index contributed by atoms with van der Waals surface area (Å²) in [5.74, 6) is 0.846. The summed E-state index contributed by atoms with van der Waals surface area (Å²) in [6.07, 6.45) is 8.34. The van der Waals surface area contributed by atoms with Gasteiger partial charge in [-0.05, 0) is 43.0 Å². The van der Waals surface area contributed by atoms with E-state index in [9.17, 15) is 0 Å². The molecule has 0 bridgehead atoms. The van der Waals surface area contributed by atoms with Crippen LogP contribution in [0.2, 0.25) is 0 Å². The highest BCUT2D eigenvalue weighted by molar-refractivity contribution is 5.34. The summed E-state index contributed by atoms with van der Waals surface area (Å²) >= 11 is 0. The zero-order valence-electron chi connectivity index (χ0n) is 11.5. The molecule has 1 aliphatic heterocycles. The second-order valence-electron chi connectivity index (χ2n) is 5.62. The van der Waals surface area contributed by atoms with Crippen molar-refractivity contribution < 1.29 is 0 Å². The average Bonchev–Trinajstić information content (AvgIpc) is 2.94. The van der Waals surface area contributed by atoms with E-state index in [0.717, 1.165) is 12.5 Å². The fourth-order valence-corrected chi connectivity index (χ4v) is 2.87. The molecule has 1 saturated heterocycles. The van der Waals surface area contributed by atoms with Gasteiger partial charge < -0.3 is 4.57 Å². The van der Waals surface area contributed by atoms with Crippen LogP contribution in [0.25, 0.3) is 5.69 Å². The molecule has 3 rings (SSSR count). The van der Waals surface area contributed by atoms with Gasteiger partial charge in [0.15, 0.2) is 0 Å². The maximum Gasteiger partial charge on any atom is 0.0991 e. The number of hydrogen-bond acceptors (Lipinski definition) is 2. The standard InChI is InChI=1S/C16H21N3/c1-14-3-2-9-18(11-14)12-15-4-6-16(7-5-15)19-10-8-17-13-19/h4-8,10,13-14H,2-3,9,11-12H2,1H3/t14-/m0/s1. The molecule has 19 heavy (non-hydrogen) atoms. The topological polar surface area (TPSA) is 21.1 Å². The van der Waals surface area contributed by atoms with E-state index >= 15 is 0 Å². The van der Waals surface area contributed by atoms with E-state index in [0.29, 0.717) is 0 Å². The van der Waals surface area contributed by atoms with Crippen molar-refractivity contribution in [3.63, 3.8) is 0 Å². The number of hydrogen-bond donors (Lipinski definition) is 0. The van der Waals surface area contributed by atoms with Crippen LogP contribution in [0.3, 0.4) is 0 Å². The number of imidazole rings is 1. The van der Waals surface area contributed by atoms with Gasteiger partial charge in [-0.3, -0.25) is 4.90 Å². The van der Waals surface area contributed by atoms with Crippen LogP contribution in [0.15, 0.2) is 43.0 Å². The molecule has 0 N–H and O–H groups in total. The Labute approximate surface area is 114 Å². The van der Waals surface area contributed by atoms with E-state index < -0.39 is 0 Å². The molecule has 3 heteroatoms. The zero-order chi connectivity index (χ0) is 13.1. The normalized spacial score (nSPS) is 20.6. The minimum absolute atomic E-state index is 0.846. The predicted octanol–water partition coefficient (Wildman–Crippen LogP) is 3.10. The molecule has 3 nitrogen and oxygen atoms in total. The first kappa shape index (κ1) is 12.4. The maximum absolute atomic E-state index is 4.08. The fourth-order valence-electron chi connectivity index (χ4n) is 2.87. The second kappa shape index (κ2) is 5.57. The highest BCUT2D eigenvalue weighted by Crippen LogP contribution is 2.18. The third-order valence-electron chi connectivity index (χ3n) is 3.89. The summed E-state index contributed by atoms with van der Waals surface area (Å²) < 4.78 is 2.03. The molecular formula is C16H21N3. The van der Waals surface area contributed by atoms with Crippen LogP contribution in [0.5, 0.6) is 0 Å². The molecule has 0 aliphatic carbocycles. The Morgan fingerprint density at radius 1 is 1.26 bits per heavy atom. The molecule has 0 unspecified atom stereocenters. The number of nitrogens with zero attached hydrogens (tertiary/aromatic N) is 3. The van der Waals surface area contributed by atoms with Crippen molar-refractivity contribution in [2.45, 2.75) is 26.3 Å². The Bertz CT molecular complexity index is 501. The predicted molar refractivity (Wildman–Crippen MR) is 77.2 cm³/mol. The van der Waals surface area contributed by atoms with E-state index in [1.165, 1.54) is 37.2 Å². The van der Waals surface area contributed by atoms with Crippen molar-refractivity contribution in [2.75, 3.05) is 13.1 Å². The number of aromatic nitrogens is 2. The van der Waals surface area contributed by atoms with Crippen molar-refractivity contribution in [1.29, 1.82) is 0 Å². The summed E-state index contributed by atoms with van der Waals surface area (Å²) in [6, 6.07) is 8.80. The lowest BCUT2D eigenvalue weighted by Crippen LogP contribution is -2.33. The lowest BCUT2D eigenvalue weighted by molar-refractivity contribution is 0.176. The fraction of sp³-hybridized carbons (Fsp3) is 0.438. The van der Waals surface area contributed by atoms with E-state index in [1.54, 1.807) is 0 Å². The summed E-state index contributed by atoms with van der Waals surface area (Å²) in [7, 11) is 0. The molecule has 2 heterocycles. The number of likely N-dealkylation sites (tertiary alicyclic amines) is 1. The van der Waals surface area contributed by atoms with Crippen molar-refractivity contribution >= 4 is 0 Å². The van der Waals surface area contributed by atoms with Crippen molar-refractivity contribution in [3.8, 4) is 5.69 Å². The molecule has 0 saturated carbocycles. The first-order chi connectivity index (χ1) is 9.31. The third kappa shape index (κ3) is 3.04. The Balaban J connectivity index is 1.66. The Hall–Kier alpha value is -1.61. The van der Waals surface area contributed by atoms with Crippen LogP contribution < -0.4 is 0 Å². The minimum atomic E-state index is 0.846. The van der Waals surface area contributed by atoms with Gasteiger partial charge in [0.1, 0.15) is 0 Å². The third-order valence-corrected chi connectivity index (χ3v) is 3.89. The SMILES string of the molecule is C[C@H]1CCCN(Cc2ccc(-n3ccnc3)cc2)C1. The first-order valence-electron chi connectivity index (χ1n) is 7.11. The molecule has 1 fully saturated rings. The van der Waals surface area contributed by atoms with Gasteiger partial charge in [-0.15, -0.1) is 0 Å².